The van der Waals surface area contributed by atoms with E-state index >= 15 is 0 Å². The highest BCUT2D eigenvalue weighted by molar-refractivity contribution is 6.74. The van der Waals surface area contributed by atoms with E-state index in [2.05, 4.69) is 43.8 Å². The Bertz CT molecular complexity index is 1260. The molecular formula is C23H28N6O2Si. The summed E-state index contributed by atoms with van der Waals surface area (Å²) in [7, 11) is -0.633. The Kier molecular flexibility index (Phi) is 5.37. The molecule has 0 aliphatic rings. The van der Waals surface area contributed by atoms with Crippen LogP contribution in [0.5, 0.6) is 5.88 Å². The second-order valence-corrected chi connectivity index (χ2v) is 13.8. The van der Waals surface area contributed by atoms with Crippen molar-refractivity contribution in [1.82, 2.24) is 24.7 Å². The smallest absolute Gasteiger partial charge is 0.284 e. The predicted molar refractivity (Wildman–Crippen MR) is 129 cm³/mol. The van der Waals surface area contributed by atoms with E-state index in [-0.39, 0.29) is 5.04 Å². The molecule has 32 heavy (non-hydrogen) atoms. The number of nitrogens with zero attached hydrogens (tertiary/aromatic N) is 5. The van der Waals surface area contributed by atoms with Gasteiger partial charge in [-0.05, 0) is 48.5 Å². The van der Waals surface area contributed by atoms with Gasteiger partial charge in [-0.15, -0.1) is 0 Å². The number of rotatable bonds is 5. The monoisotopic (exact) mass is 448 g/mol. The second kappa shape index (κ2) is 7.90. The van der Waals surface area contributed by atoms with Crippen molar-refractivity contribution in [1.29, 1.82) is 0 Å². The molecule has 4 aromatic heterocycles. The van der Waals surface area contributed by atoms with Crippen molar-refractivity contribution in [2.75, 3.05) is 12.8 Å². The summed E-state index contributed by atoms with van der Waals surface area (Å²) in [5, 5.41) is -0.0150. The number of hydrogen-bond donors (Lipinski definition) is 1. The van der Waals surface area contributed by atoms with E-state index in [1.165, 1.54) is 0 Å². The number of pyridine rings is 3. The SMILES string of the molecule is COc1ccc(-c2ccc3nc(-c4cccnc4N)n(O[Si](C)(C)C(C)(C)C)c3n2)cn1. The van der Waals surface area contributed by atoms with Crippen LogP contribution < -0.4 is 15.0 Å². The Labute approximate surface area is 188 Å². The van der Waals surface area contributed by atoms with Crippen molar-refractivity contribution < 1.29 is 9.26 Å². The molecule has 4 heterocycles. The second-order valence-electron chi connectivity index (χ2n) is 9.15. The van der Waals surface area contributed by atoms with Gasteiger partial charge in [-0.25, -0.2) is 19.9 Å². The van der Waals surface area contributed by atoms with E-state index in [4.69, 9.17) is 25.0 Å². The third-order valence-electron chi connectivity index (χ3n) is 5.91. The molecule has 8 nitrogen and oxygen atoms in total. The highest BCUT2D eigenvalue weighted by atomic mass is 28.4. The van der Waals surface area contributed by atoms with Crippen molar-refractivity contribution >= 4 is 25.3 Å². The third kappa shape index (κ3) is 3.91. The Morgan fingerprint density at radius 1 is 1.00 bits per heavy atom. The number of nitrogen functional groups attached to an aromatic ring is 1. The number of imidazole rings is 1. The highest BCUT2D eigenvalue weighted by Crippen LogP contribution is 2.37. The van der Waals surface area contributed by atoms with Crippen LogP contribution in [0, 0.1) is 0 Å². The Hall–Kier alpha value is -3.46. The van der Waals surface area contributed by atoms with Crippen molar-refractivity contribution in [3.05, 3.63) is 48.8 Å². The van der Waals surface area contributed by atoms with E-state index < -0.39 is 8.32 Å². The van der Waals surface area contributed by atoms with Gasteiger partial charge in [0.05, 0.1) is 18.4 Å². The maximum atomic E-state index is 6.70. The minimum absolute atomic E-state index is 0.0150. The van der Waals surface area contributed by atoms with Crippen LogP contribution in [0.2, 0.25) is 18.1 Å². The lowest BCUT2D eigenvalue weighted by Gasteiger charge is -2.36. The first-order chi connectivity index (χ1) is 15.1. The summed E-state index contributed by atoms with van der Waals surface area (Å²) in [5.74, 6) is 1.53. The van der Waals surface area contributed by atoms with Crippen molar-refractivity contribution in [2.45, 2.75) is 38.9 Å². The zero-order chi connectivity index (χ0) is 23.1. The van der Waals surface area contributed by atoms with Gasteiger partial charge >= 0.3 is 0 Å². The van der Waals surface area contributed by atoms with Gasteiger partial charge in [-0.2, -0.15) is 4.73 Å². The summed E-state index contributed by atoms with van der Waals surface area (Å²) in [6.07, 6.45) is 3.40. The first-order valence-electron chi connectivity index (χ1n) is 10.4. The average Bonchev–Trinajstić information content (AvgIpc) is 3.10. The van der Waals surface area contributed by atoms with Gasteiger partial charge in [0.25, 0.3) is 8.32 Å². The third-order valence-corrected chi connectivity index (χ3v) is 10.2. The normalized spacial score (nSPS) is 12.2. The lowest BCUT2D eigenvalue weighted by Crippen LogP contribution is -2.48. The fourth-order valence-electron chi connectivity index (χ4n) is 2.98. The lowest BCUT2D eigenvalue weighted by molar-refractivity contribution is 0.264. The zero-order valence-corrected chi connectivity index (χ0v) is 20.2. The van der Waals surface area contributed by atoms with Gasteiger partial charge in [0, 0.05) is 24.0 Å². The Morgan fingerprint density at radius 2 is 1.78 bits per heavy atom. The maximum absolute atomic E-state index is 6.70. The minimum Gasteiger partial charge on any atom is -0.481 e. The number of fused-ring (bicyclic) bond motifs is 1. The molecule has 0 saturated heterocycles. The number of aromatic nitrogens is 5. The Morgan fingerprint density at radius 3 is 2.41 bits per heavy atom. The number of hydrogen-bond acceptors (Lipinski definition) is 7. The molecule has 0 atom stereocenters. The summed E-state index contributed by atoms with van der Waals surface area (Å²) in [6.45, 7) is 11.0. The van der Waals surface area contributed by atoms with Gasteiger partial charge in [-0.1, -0.05) is 20.8 Å². The van der Waals surface area contributed by atoms with Crippen LogP contribution in [-0.2, 0) is 0 Å². The van der Waals surface area contributed by atoms with Gasteiger partial charge < -0.3 is 15.0 Å². The zero-order valence-electron chi connectivity index (χ0n) is 19.2. The molecule has 0 aliphatic heterocycles. The van der Waals surface area contributed by atoms with Gasteiger partial charge in [0.1, 0.15) is 11.3 Å². The highest BCUT2D eigenvalue weighted by Gasteiger charge is 2.41. The van der Waals surface area contributed by atoms with Crippen molar-refractivity contribution in [3.8, 4) is 28.5 Å². The fraction of sp³-hybridized carbons (Fsp3) is 0.304. The summed E-state index contributed by atoms with van der Waals surface area (Å²) in [4.78, 5) is 18.2. The molecule has 9 heteroatoms. The van der Waals surface area contributed by atoms with Crippen LogP contribution in [0.1, 0.15) is 20.8 Å². The van der Waals surface area contributed by atoms with Crippen LogP contribution in [0.3, 0.4) is 0 Å². The predicted octanol–water partition coefficient (Wildman–Crippen LogP) is 4.58. The van der Waals surface area contributed by atoms with Crippen LogP contribution >= 0.6 is 0 Å². The molecule has 4 rings (SSSR count). The summed E-state index contributed by atoms with van der Waals surface area (Å²) < 4.78 is 13.6. The van der Waals surface area contributed by atoms with Crippen LogP contribution in [0.4, 0.5) is 5.82 Å². The maximum Gasteiger partial charge on any atom is 0.284 e. The van der Waals surface area contributed by atoms with Crippen molar-refractivity contribution in [3.63, 3.8) is 0 Å². The van der Waals surface area contributed by atoms with Gasteiger partial charge in [0.2, 0.25) is 5.88 Å². The molecule has 0 unspecified atom stereocenters. The summed E-state index contributed by atoms with van der Waals surface area (Å²) in [5.41, 5.74) is 9.87. The molecule has 0 aromatic carbocycles. The van der Waals surface area contributed by atoms with Crippen molar-refractivity contribution in [2.24, 2.45) is 0 Å². The number of anilines is 1. The van der Waals surface area contributed by atoms with Crippen LogP contribution in [0.25, 0.3) is 33.8 Å². The summed E-state index contributed by atoms with van der Waals surface area (Å²) in [6, 6.07) is 11.3. The summed E-state index contributed by atoms with van der Waals surface area (Å²) >= 11 is 0. The van der Waals surface area contributed by atoms with Crippen LogP contribution in [0.15, 0.2) is 48.8 Å². The molecule has 0 bridgehead atoms. The molecule has 4 aromatic rings. The molecule has 0 amide bonds. The molecule has 0 saturated carbocycles. The van der Waals surface area contributed by atoms with Gasteiger partial charge in [-0.3, -0.25) is 0 Å². The fourth-order valence-corrected chi connectivity index (χ4v) is 3.88. The van der Waals surface area contributed by atoms with Crippen LogP contribution in [-0.4, -0.2) is 40.1 Å². The molecule has 0 fully saturated rings. The minimum atomic E-state index is -2.22. The first-order valence-corrected chi connectivity index (χ1v) is 13.3. The molecule has 0 aliphatic carbocycles. The van der Waals surface area contributed by atoms with E-state index in [9.17, 15) is 0 Å². The standard InChI is InChI=1S/C23H28N6O2Si/c1-23(2,3)32(5,6)31-29-21(16-8-7-13-25-20(16)24)28-18-11-10-17(27-22(18)29)15-9-12-19(30-4)26-14-15/h7-14H,1-6H3,(H2,24,25). The van der Waals surface area contributed by atoms with E-state index in [1.54, 1.807) is 24.2 Å². The quantitative estimate of drug-likeness (QED) is 0.446. The lowest BCUT2D eigenvalue weighted by atomic mass is 10.2. The largest absolute Gasteiger partial charge is 0.481 e. The number of methoxy groups -OCH3 is 1. The first kappa shape index (κ1) is 21.8. The number of nitrogens with two attached hydrogens (primary N) is 1. The van der Waals surface area contributed by atoms with Gasteiger partial charge in [0.15, 0.2) is 11.5 Å². The average molecular weight is 449 g/mol. The molecule has 0 radical (unpaired) electrons. The molecule has 2 N–H and O–H groups in total. The topological polar surface area (TPSA) is 101 Å². The molecule has 0 spiro atoms. The van der Waals surface area contributed by atoms with E-state index in [1.807, 2.05) is 36.4 Å². The molecular weight excluding hydrogens is 420 g/mol. The number of ether oxygens (including phenoxy) is 1. The molecule has 166 valence electrons. The van der Waals surface area contributed by atoms with E-state index in [0.29, 0.717) is 34.2 Å². The Balaban J connectivity index is 1.92. The van der Waals surface area contributed by atoms with E-state index in [0.717, 1.165) is 11.3 Å².